The molecule has 0 saturated heterocycles. The maximum atomic E-state index is 12.8. The Bertz CT molecular complexity index is 773. The van der Waals surface area contributed by atoms with Gasteiger partial charge in [0.05, 0.1) is 18.5 Å². The Kier molecular flexibility index (Phi) is 4.88. The molecule has 0 unspecified atom stereocenters. The fourth-order valence-corrected chi connectivity index (χ4v) is 2.85. The van der Waals surface area contributed by atoms with E-state index in [1.807, 2.05) is 25.1 Å². The van der Waals surface area contributed by atoms with Gasteiger partial charge in [0.2, 0.25) is 5.91 Å². The summed E-state index contributed by atoms with van der Waals surface area (Å²) in [5, 5.41) is 2.84. The van der Waals surface area contributed by atoms with E-state index in [1.54, 1.807) is 42.3 Å². The topological polar surface area (TPSA) is 67.9 Å². The number of amides is 2. The number of nitrogens with one attached hydrogen (secondary N) is 1. The normalized spacial score (nSPS) is 16.5. The van der Waals surface area contributed by atoms with E-state index in [-0.39, 0.29) is 30.9 Å². The Balaban J connectivity index is 1.76. The number of benzene rings is 2. The molecule has 1 heterocycles. The summed E-state index contributed by atoms with van der Waals surface area (Å²) in [6, 6.07) is 14.1. The van der Waals surface area contributed by atoms with E-state index >= 15 is 0 Å². The fraction of sp³-hybridized carbons (Fsp3) is 0.263. The molecule has 1 N–H and O–H groups in total. The Morgan fingerprint density at radius 2 is 1.84 bits per heavy atom. The number of nitrogens with zero attached hydrogens (tertiary/aromatic N) is 1. The molecule has 1 aliphatic rings. The summed E-state index contributed by atoms with van der Waals surface area (Å²) >= 11 is 0. The highest BCUT2D eigenvalue weighted by Gasteiger charge is 2.29. The molecule has 2 aromatic rings. The fourth-order valence-electron chi connectivity index (χ4n) is 2.85. The molecule has 0 bridgehead atoms. The molecule has 0 spiro atoms. The van der Waals surface area contributed by atoms with Crippen LogP contribution in [-0.2, 0) is 9.59 Å². The van der Waals surface area contributed by atoms with Gasteiger partial charge < -0.3 is 19.7 Å². The number of ether oxygens (including phenoxy) is 2. The Hall–Kier alpha value is -3.02. The van der Waals surface area contributed by atoms with Crippen molar-refractivity contribution in [2.24, 2.45) is 0 Å². The first-order valence-electron chi connectivity index (χ1n) is 8.06. The van der Waals surface area contributed by atoms with Gasteiger partial charge in [-0.3, -0.25) is 9.59 Å². The Labute approximate surface area is 146 Å². The van der Waals surface area contributed by atoms with Crippen LogP contribution in [0.5, 0.6) is 11.5 Å². The standard InChI is InChI=1S/C19H20N2O4/c1-13-11-18(22)20-16-5-3-4-6-17(16)21(13)19(23)12-25-15-9-7-14(24-2)8-10-15/h3-10,13H,11-12H2,1-2H3,(H,20,22)/t13-/m0/s1. The molecular formula is C19H20N2O4. The van der Waals surface area contributed by atoms with Gasteiger partial charge in [-0.2, -0.15) is 0 Å². The molecule has 0 radical (unpaired) electrons. The molecule has 2 amide bonds. The Morgan fingerprint density at radius 1 is 1.16 bits per heavy atom. The number of rotatable bonds is 4. The second-order valence-electron chi connectivity index (χ2n) is 5.85. The molecule has 6 heteroatoms. The quantitative estimate of drug-likeness (QED) is 0.929. The van der Waals surface area contributed by atoms with Gasteiger partial charge in [-0.1, -0.05) is 12.1 Å². The van der Waals surface area contributed by atoms with Crippen LogP contribution in [0.4, 0.5) is 11.4 Å². The van der Waals surface area contributed by atoms with Gasteiger partial charge in [0.15, 0.2) is 6.61 Å². The number of carbonyl (C=O) groups excluding carboxylic acids is 2. The third-order valence-electron chi connectivity index (χ3n) is 4.05. The lowest BCUT2D eigenvalue weighted by Crippen LogP contribution is -2.41. The first-order chi connectivity index (χ1) is 12.1. The van der Waals surface area contributed by atoms with Crippen LogP contribution in [-0.4, -0.2) is 31.6 Å². The lowest BCUT2D eigenvalue weighted by Gasteiger charge is -2.27. The maximum absolute atomic E-state index is 12.8. The highest BCUT2D eigenvalue weighted by Crippen LogP contribution is 2.31. The molecule has 1 atom stereocenters. The molecule has 0 saturated carbocycles. The van der Waals surface area contributed by atoms with E-state index in [4.69, 9.17) is 9.47 Å². The van der Waals surface area contributed by atoms with Crippen LogP contribution < -0.4 is 19.7 Å². The summed E-state index contributed by atoms with van der Waals surface area (Å²) in [7, 11) is 1.59. The minimum absolute atomic E-state index is 0.105. The van der Waals surface area contributed by atoms with E-state index < -0.39 is 0 Å². The largest absolute Gasteiger partial charge is 0.497 e. The molecule has 0 aromatic heterocycles. The van der Waals surface area contributed by atoms with Gasteiger partial charge in [0.1, 0.15) is 11.5 Å². The summed E-state index contributed by atoms with van der Waals surface area (Å²) in [6.07, 6.45) is 0.239. The highest BCUT2D eigenvalue weighted by atomic mass is 16.5. The SMILES string of the molecule is COc1ccc(OCC(=O)N2c3ccccc3NC(=O)C[C@@H]2C)cc1. The van der Waals surface area contributed by atoms with Crippen LogP contribution in [0.1, 0.15) is 13.3 Å². The molecule has 2 aromatic carbocycles. The number of hydrogen-bond donors (Lipinski definition) is 1. The molecule has 25 heavy (non-hydrogen) atoms. The van der Waals surface area contributed by atoms with Crippen LogP contribution in [0.15, 0.2) is 48.5 Å². The number of anilines is 2. The molecule has 0 aliphatic carbocycles. The van der Waals surface area contributed by atoms with Crippen molar-refractivity contribution in [2.75, 3.05) is 23.9 Å². The highest BCUT2D eigenvalue weighted by molar-refractivity contribution is 6.04. The van der Waals surface area contributed by atoms with E-state index in [2.05, 4.69) is 5.32 Å². The summed E-state index contributed by atoms with van der Waals surface area (Å²) in [5.41, 5.74) is 1.32. The summed E-state index contributed by atoms with van der Waals surface area (Å²) in [4.78, 5) is 26.4. The minimum Gasteiger partial charge on any atom is -0.497 e. The number of hydrogen-bond acceptors (Lipinski definition) is 4. The zero-order chi connectivity index (χ0) is 17.8. The van der Waals surface area contributed by atoms with Gasteiger partial charge >= 0.3 is 0 Å². The van der Waals surface area contributed by atoms with Crippen LogP contribution >= 0.6 is 0 Å². The predicted molar refractivity (Wildman–Crippen MR) is 95.1 cm³/mol. The van der Waals surface area contributed by atoms with Crippen molar-refractivity contribution < 1.29 is 19.1 Å². The smallest absolute Gasteiger partial charge is 0.265 e. The number of fused-ring (bicyclic) bond motifs is 1. The maximum Gasteiger partial charge on any atom is 0.265 e. The first kappa shape index (κ1) is 16.8. The second kappa shape index (κ2) is 7.25. The molecule has 1 aliphatic heterocycles. The number of para-hydroxylation sites is 2. The zero-order valence-corrected chi connectivity index (χ0v) is 14.2. The van der Waals surface area contributed by atoms with Crippen LogP contribution in [0.25, 0.3) is 0 Å². The van der Waals surface area contributed by atoms with E-state index in [0.29, 0.717) is 17.1 Å². The van der Waals surface area contributed by atoms with Gasteiger partial charge in [0.25, 0.3) is 5.91 Å². The van der Waals surface area contributed by atoms with Gasteiger partial charge in [-0.25, -0.2) is 0 Å². The Morgan fingerprint density at radius 3 is 2.56 bits per heavy atom. The lowest BCUT2D eigenvalue weighted by molar-refractivity contribution is -0.121. The van der Waals surface area contributed by atoms with Gasteiger partial charge in [0, 0.05) is 12.5 Å². The summed E-state index contributed by atoms with van der Waals surface area (Å²) in [6.45, 7) is 1.74. The third-order valence-corrected chi connectivity index (χ3v) is 4.05. The second-order valence-corrected chi connectivity index (χ2v) is 5.85. The average molecular weight is 340 g/mol. The molecule has 130 valence electrons. The first-order valence-corrected chi connectivity index (χ1v) is 8.06. The monoisotopic (exact) mass is 340 g/mol. The molecule has 3 rings (SSSR count). The third kappa shape index (κ3) is 3.74. The molecule has 6 nitrogen and oxygen atoms in total. The van der Waals surface area contributed by atoms with Crippen molar-refractivity contribution in [1.82, 2.24) is 0 Å². The molecule has 0 fully saturated rings. The van der Waals surface area contributed by atoms with Crippen molar-refractivity contribution >= 4 is 23.2 Å². The summed E-state index contributed by atoms with van der Waals surface area (Å²) < 4.78 is 10.7. The number of methoxy groups -OCH3 is 1. The zero-order valence-electron chi connectivity index (χ0n) is 14.2. The summed E-state index contributed by atoms with van der Waals surface area (Å²) in [5.74, 6) is 0.996. The van der Waals surface area contributed by atoms with Crippen molar-refractivity contribution in [1.29, 1.82) is 0 Å². The van der Waals surface area contributed by atoms with Crippen molar-refractivity contribution in [2.45, 2.75) is 19.4 Å². The van der Waals surface area contributed by atoms with Crippen molar-refractivity contribution in [3.8, 4) is 11.5 Å². The van der Waals surface area contributed by atoms with E-state index in [1.165, 1.54) is 0 Å². The minimum atomic E-state index is -0.254. The predicted octanol–water partition coefficient (Wildman–Crippen LogP) is 2.84. The average Bonchev–Trinajstić information content (AvgIpc) is 2.74. The van der Waals surface area contributed by atoms with Crippen molar-refractivity contribution in [3.05, 3.63) is 48.5 Å². The van der Waals surface area contributed by atoms with Crippen LogP contribution in [0.2, 0.25) is 0 Å². The molecular weight excluding hydrogens is 320 g/mol. The van der Waals surface area contributed by atoms with Crippen LogP contribution in [0, 0.1) is 0 Å². The van der Waals surface area contributed by atoms with Crippen LogP contribution in [0.3, 0.4) is 0 Å². The van der Waals surface area contributed by atoms with E-state index in [9.17, 15) is 9.59 Å². The lowest BCUT2D eigenvalue weighted by atomic mass is 10.1. The van der Waals surface area contributed by atoms with E-state index in [0.717, 1.165) is 5.75 Å². The number of carbonyl (C=O) groups is 2. The van der Waals surface area contributed by atoms with Gasteiger partial charge in [-0.05, 0) is 43.3 Å². The van der Waals surface area contributed by atoms with Crippen molar-refractivity contribution in [3.63, 3.8) is 0 Å². The van der Waals surface area contributed by atoms with Gasteiger partial charge in [-0.15, -0.1) is 0 Å².